The van der Waals surface area contributed by atoms with E-state index >= 15 is 0 Å². The average Bonchev–Trinajstić information content (AvgIpc) is 2.75. The third-order valence-corrected chi connectivity index (χ3v) is 3.78. The van der Waals surface area contributed by atoms with Gasteiger partial charge in [-0.15, -0.1) is 0 Å². The highest BCUT2D eigenvalue weighted by molar-refractivity contribution is 6.29. The molecule has 94 valence electrons. The third-order valence-electron chi connectivity index (χ3n) is 3.60. The van der Waals surface area contributed by atoms with Crippen molar-refractivity contribution in [2.45, 2.75) is 31.6 Å². The maximum Gasteiger partial charge on any atom is 0.225 e. The zero-order chi connectivity index (χ0) is 13.1. The van der Waals surface area contributed by atoms with Crippen molar-refractivity contribution in [2.75, 3.05) is 0 Å². The van der Waals surface area contributed by atoms with Crippen LogP contribution in [0.3, 0.4) is 0 Å². The Kier molecular flexibility index (Phi) is 2.20. The number of imidazole rings is 1. The van der Waals surface area contributed by atoms with Crippen LogP contribution in [0.4, 0.5) is 0 Å². The van der Waals surface area contributed by atoms with E-state index in [1.54, 1.807) is 16.9 Å². The van der Waals surface area contributed by atoms with Gasteiger partial charge in [-0.05, 0) is 17.4 Å². The van der Waals surface area contributed by atoms with Crippen LogP contribution in [0.5, 0.6) is 0 Å². The molecular weight excluding hydrogens is 252 g/mol. The van der Waals surface area contributed by atoms with Crippen molar-refractivity contribution < 1.29 is 4.79 Å². The van der Waals surface area contributed by atoms with Crippen molar-refractivity contribution in [3.63, 3.8) is 0 Å². The lowest BCUT2D eigenvalue weighted by Gasteiger charge is -2.18. The van der Waals surface area contributed by atoms with Gasteiger partial charge in [-0.2, -0.15) is 5.10 Å². The van der Waals surface area contributed by atoms with Gasteiger partial charge in [-0.3, -0.25) is 4.79 Å². The van der Waals surface area contributed by atoms with Crippen LogP contribution in [0.2, 0.25) is 5.15 Å². The van der Waals surface area contributed by atoms with Crippen LogP contribution in [0.15, 0.2) is 12.4 Å². The molecule has 1 amide bonds. The Morgan fingerprint density at radius 1 is 1.61 bits per heavy atom. The molecule has 0 fully saturated rings. The zero-order valence-electron chi connectivity index (χ0n) is 10.1. The number of aromatic nitrogens is 3. The average molecular weight is 265 g/mol. The largest absolute Gasteiger partial charge is 0.369 e. The van der Waals surface area contributed by atoms with E-state index < -0.39 is 0 Å². The second-order valence-electron chi connectivity index (χ2n) is 5.35. The highest BCUT2D eigenvalue weighted by atomic mass is 35.5. The molecule has 2 heterocycles. The van der Waals surface area contributed by atoms with Gasteiger partial charge >= 0.3 is 0 Å². The molecule has 6 heteroatoms. The molecule has 5 nitrogen and oxygen atoms in total. The second-order valence-corrected chi connectivity index (χ2v) is 5.74. The number of primary amides is 1. The number of nitrogens with zero attached hydrogens (tertiary/aromatic N) is 3. The van der Waals surface area contributed by atoms with Crippen LogP contribution in [0.1, 0.15) is 37.3 Å². The molecule has 1 aliphatic carbocycles. The van der Waals surface area contributed by atoms with Crippen LogP contribution >= 0.6 is 11.6 Å². The first kappa shape index (κ1) is 11.5. The first-order chi connectivity index (χ1) is 8.40. The number of carbonyl (C=O) groups excluding carboxylic acids is 1. The van der Waals surface area contributed by atoms with Gasteiger partial charge in [0.15, 0.2) is 5.65 Å². The van der Waals surface area contributed by atoms with E-state index in [1.165, 1.54) is 0 Å². The van der Waals surface area contributed by atoms with Crippen LogP contribution in [-0.2, 0) is 10.2 Å². The Balaban J connectivity index is 2.35. The van der Waals surface area contributed by atoms with E-state index in [9.17, 15) is 4.79 Å². The van der Waals surface area contributed by atoms with Crippen molar-refractivity contribution in [2.24, 2.45) is 5.73 Å². The lowest BCUT2D eigenvalue weighted by atomic mass is 9.86. The first-order valence-corrected chi connectivity index (χ1v) is 6.11. The van der Waals surface area contributed by atoms with Gasteiger partial charge in [0.25, 0.3) is 0 Å². The van der Waals surface area contributed by atoms with Crippen LogP contribution in [0.25, 0.3) is 5.65 Å². The normalized spacial score (nSPS) is 21.2. The molecule has 0 saturated carbocycles. The summed E-state index contributed by atoms with van der Waals surface area (Å²) in [7, 11) is 0. The molecule has 1 aliphatic rings. The number of fused-ring (bicyclic) bond motifs is 3. The molecule has 2 aromatic rings. The van der Waals surface area contributed by atoms with Crippen molar-refractivity contribution >= 4 is 23.2 Å². The molecule has 1 atom stereocenters. The quantitative estimate of drug-likeness (QED) is 0.851. The molecule has 0 spiro atoms. The van der Waals surface area contributed by atoms with Crippen molar-refractivity contribution in [1.82, 2.24) is 14.6 Å². The van der Waals surface area contributed by atoms with Gasteiger partial charge in [-0.25, -0.2) is 9.50 Å². The van der Waals surface area contributed by atoms with Crippen LogP contribution < -0.4 is 5.73 Å². The molecule has 0 bridgehead atoms. The topological polar surface area (TPSA) is 73.3 Å². The van der Waals surface area contributed by atoms with Gasteiger partial charge in [0.2, 0.25) is 5.91 Å². The van der Waals surface area contributed by atoms with Gasteiger partial charge < -0.3 is 5.73 Å². The number of carbonyl (C=O) groups is 1. The highest BCUT2D eigenvalue weighted by Crippen LogP contribution is 2.46. The summed E-state index contributed by atoms with van der Waals surface area (Å²) in [6.45, 7) is 4.16. The SMILES string of the molecule is CC1(C)CC(C(N)=O)c2cnn3cc(Cl)nc3c21. The number of halogens is 1. The standard InChI is InChI=1S/C12H13ClN4O/c1-12(2)3-6(10(14)18)7-4-15-17-5-8(13)16-11(17)9(7)12/h4-6H,3H2,1-2H3,(H2,14,18). The smallest absolute Gasteiger partial charge is 0.225 e. The number of hydrogen-bond acceptors (Lipinski definition) is 3. The van der Waals surface area contributed by atoms with E-state index in [1.807, 2.05) is 0 Å². The minimum absolute atomic E-state index is 0.159. The lowest BCUT2D eigenvalue weighted by molar-refractivity contribution is -0.119. The summed E-state index contributed by atoms with van der Waals surface area (Å²) in [6, 6.07) is 0. The Labute approximate surface area is 109 Å². The Morgan fingerprint density at radius 2 is 2.33 bits per heavy atom. The van der Waals surface area contributed by atoms with Crippen molar-refractivity contribution in [1.29, 1.82) is 0 Å². The lowest BCUT2D eigenvalue weighted by Crippen LogP contribution is -2.21. The minimum Gasteiger partial charge on any atom is -0.369 e. The summed E-state index contributed by atoms with van der Waals surface area (Å²) in [5, 5.41) is 4.63. The summed E-state index contributed by atoms with van der Waals surface area (Å²) in [5.74, 6) is -0.603. The summed E-state index contributed by atoms with van der Waals surface area (Å²) < 4.78 is 1.65. The predicted molar refractivity (Wildman–Crippen MR) is 67.6 cm³/mol. The number of rotatable bonds is 1. The molecule has 1 unspecified atom stereocenters. The van der Waals surface area contributed by atoms with Gasteiger partial charge in [0, 0.05) is 5.56 Å². The highest BCUT2D eigenvalue weighted by Gasteiger charge is 2.42. The van der Waals surface area contributed by atoms with E-state index in [0.717, 1.165) is 11.1 Å². The number of amides is 1. The molecule has 2 aromatic heterocycles. The maximum atomic E-state index is 11.5. The third kappa shape index (κ3) is 1.43. The van der Waals surface area contributed by atoms with Gasteiger partial charge in [0.1, 0.15) is 5.15 Å². The first-order valence-electron chi connectivity index (χ1n) is 5.74. The monoisotopic (exact) mass is 264 g/mol. The molecular formula is C12H13ClN4O. The van der Waals surface area contributed by atoms with Crippen molar-refractivity contribution in [3.8, 4) is 0 Å². The summed E-state index contributed by atoms with van der Waals surface area (Å²) >= 11 is 5.91. The molecule has 0 radical (unpaired) electrons. The number of nitrogens with two attached hydrogens (primary N) is 1. The number of hydrogen-bond donors (Lipinski definition) is 1. The second kappa shape index (κ2) is 3.45. The van der Waals surface area contributed by atoms with Gasteiger partial charge in [0.05, 0.1) is 18.3 Å². The molecule has 3 rings (SSSR count). The Morgan fingerprint density at radius 3 is 3.00 bits per heavy atom. The summed E-state index contributed by atoms with van der Waals surface area (Å²) in [6.07, 6.45) is 4.04. The fraction of sp³-hybridized carbons (Fsp3) is 0.417. The maximum absolute atomic E-state index is 11.5. The van der Waals surface area contributed by atoms with Crippen LogP contribution in [-0.4, -0.2) is 20.5 Å². The van der Waals surface area contributed by atoms with E-state index in [-0.39, 0.29) is 17.2 Å². The molecule has 0 saturated heterocycles. The van der Waals surface area contributed by atoms with E-state index in [2.05, 4.69) is 23.9 Å². The zero-order valence-corrected chi connectivity index (χ0v) is 10.9. The molecule has 0 aliphatic heterocycles. The summed E-state index contributed by atoms with van der Waals surface area (Å²) in [4.78, 5) is 15.8. The molecule has 18 heavy (non-hydrogen) atoms. The Bertz CT molecular complexity index is 661. The minimum atomic E-state index is -0.314. The van der Waals surface area contributed by atoms with Gasteiger partial charge in [-0.1, -0.05) is 25.4 Å². The van der Waals surface area contributed by atoms with E-state index in [0.29, 0.717) is 17.2 Å². The van der Waals surface area contributed by atoms with Crippen LogP contribution in [0, 0.1) is 0 Å². The fourth-order valence-corrected chi connectivity index (χ4v) is 3.03. The molecule has 2 N–H and O–H groups in total. The molecule has 0 aromatic carbocycles. The fourth-order valence-electron chi connectivity index (χ4n) is 2.85. The Hall–Kier alpha value is -1.62. The van der Waals surface area contributed by atoms with E-state index in [4.69, 9.17) is 17.3 Å². The predicted octanol–water partition coefficient (Wildman–Crippen LogP) is 1.63. The summed E-state index contributed by atoms with van der Waals surface area (Å²) in [5.41, 5.74) is 7.92. The van der Waals surface area contributed by atoms with Crippen molar-refractivity contribution in [3.05, 3.63) is 28.7 Å².